The van der Waals surface area contributed by atoms with E-state index in [2.05, 4.69) is 111 Å². The molecule has 0 atom stereocenters. The van der Waals surface area contributed by atoms with E-state index in [4.69, 9.17) is 4.98 Å². The van der Waals surface area contributed by atoms with Gasteiger partial charge in [0.15, 0.2) is 0 Å². The lowest BCUT2D eigenvalue weighted by molar-refractivity contribution is 1.09. The van der Waals surface area contributed by atoms with Gasteiger partial charge in [-0.1, -0.05) is 48.5 Å². The van der Waals surface area contributed by atoms with E-state index in [0.29, 0.717) is 0 Å². The lowest BCUT2D eigenvalue weighted by Crippen LogP contribution is -1.99. The molecule has 0 saturated heterocycles. The first kappa shape index (κ1) is 19.4. The van der Waals surface area contributed by atoms with E-state index < -0.39 is 0 Å². The van der Waals surface area contributed by atoms with Crippen LogP contribution in [0.5, 0.6) is 0 Å². The zero-order chi connectivity index (χ0) is 23.6. The van der Waals surface area contributed by atoms with Gasteiger partial charge in [0.1, 0.15) is 5.82 Å². The Labute approximate surface area is 207 Å². The molecule has 0 aliphatic rings. The number of aromatic nitrogens is 4. The lowest BCUT2D eigenvalue weighted by atomic mass is 10.0. The Morgan fingerprint density at radius 1 is 0.639 bits per heavy atom. The SMILES string of the molecule is c1ccc(-n2ccc3c2cc2ccc4cccc5c4c2c3n5-c2cccc(-c3cccnc3)n2)cc1. The molecule has 0 aliphatic carbocycles. The Bertz CT molecular complexity index is 2030. The van der Waals surface area contributed by atoms with Crippen molar-refractivity contribution < 1.29 is 0 Å². The van der Waals surface area contributed by atoms with Gasteiger partial charge >= 0.3 is 0 Å². The zero-order valence-electron chi connectivity index (χ0n) is 19.3. The third-order valence-corrected chi connectivity index (χ3v) is 7.19. The summed E-state index contributed by atoms with van der Waals surface area (Å²) in [7, 11) is 0. The van der Waals surface area contributed by atoms with Crippen LogP contribution in [0.1, 0.15) is 0 Å². The molecular weight excluding hydrogens is 440 g/mol. The standard InChI is InChI=1S/C32H20N4/c1-2-9-24(10-3-1)35-18-16-25-28(35)19-22-15-14-21-7-4-12-27-30(21)31(22)32(25)36(27)29-13-5-11-26(34-29)23-8-6-17-33-20-23/h1-20H. The van der Waals surface area contributed by atoms with E-state index >= 15 is 0 Å². The minimum atomic E-state index is 0.904. The molecule has 0 aliphatic heterocycles. The largest absolute Gasteiger partial charge is 0.316 e. The highest BCUT2D eigenvalue weighted by Crippen LogP contribution is 2.42. The van der Waals surface area contributed by atoms with Gasteiger partial charge in [-0.25, -0.2) is 4.98 Å². The molecule has 4 heteroatoms. The van der Waals surface area contributed by atoms with Gasteiger partial charge in [0, 0.05) is 46.0 Å². The van der Waals surface area contributed by atoms with Crippen LogP contribution in [0.2, 0.25) is 0 Å². The van der Waals surface area contributed by atoms with Gasteiger partial charge in [0.25, 0.3) is 0 Å². The Morgan fingerprint density at radius 2 is 1.53 bits per heavy atom. The molecule has 0 fully saturated rings. The average Bonchev–Trinajstić information content (AvgIpc) is 3.53. The van der Waals surface area contributed by atoms with Crippen LogP contribution in [0.25, 0.3) is 66.2 Å². The summed E-state index contributed by atoms with van der Waals surface area (Å²) in [5.74, 6) is 0.904. The molecule has 36 heavy (non-hydrogen) atoms. The van der Waals surface area contributed by atoms with E-state index in [1.165, 1.54) is 43.5 Å². The van der Waals surface area contributed by atoms with Gasteiger partial charge in [-0.2, -0.15) is 0 Å². The molecule has 0 N–H and O–H groups in total. The summed E-state index contributed by atoms with van der Waals surface area (Å²) in [6, 6.07) is 36.3. The first-order valence-corrected chi connectivity index (χ1v) is 12.1. The molecule has 168 valence electrons. The second-order valence-corrected chi connectivity index (χ2v) is 9.18. The Morgan fingerprint density at radius 3 is 2.42 bits per heavy atom. The van der Waals surface area contributed by atoms with Crippen LogP contribution in [0, 0.1) is 0 Å². The van der Waals surface area contributed by atoms with Crippen molar-refractivity contribution in [1.29, 1.82) is 0 Å². The van der Waals surface area contributed by atoms with E-state index in [-0.39, 0.29) is 0 Å². The van der Waals surface area contributed by atoms with E-state index in [0.717, 1.165) is 22.8 Å². The predicted octanol–water partition coefficient (Wildman–Crippen LogP) is 7.78. The maximum Gasteiger partial charge on any atom is 0.138 e. The summed E-state index contributed by atoms with van der Waals surface area (Å²) in [6.07, 6.45) is 5.83. The van der Waals surface area contributed by atoms with Crippen molar-refractivity contribution in [1.82, 2.24) is 19.1 Å². The molecule has 4 aromatic carbocycles. The van der Waals surface area contributed by atoms with Gasteiger partial charge in [-0.05, 0) is 65.4 Å². The summed E-state index contributed by atoms with van der Waals surface area (Å²) >= 11 is 0. The molecule has 0 saturated carbocycles. The maximum atomic E-state index is 5.13. The third kappa shape index (κ3) is 2.64. The Balaban J connectivity index is 1.52. The average molecular weight is 461 g/mol. The first-order chi connectivity index (χ1) is 17.9. The number of hydrogen-bond acceptors (Lipinski definition) is 2. The van der Waals surface area contributed by atoms with Gasteiger partial charge in [0.05, 0.1) is 22.2 Å². The molecule has 8 aromatic rings. The third-order valence-electron chi connectivity index (χ3n) is 7.19. The summed E-state index contributed by atoms with van der Waals surface area (Å²) in [4.78, 5) is 9.43. The fraction of sp³-hybridized carbons (Fsp3) is 0. The van der Waals surface area contributed by atoms with Crippen molar-refractivity contribution in [2.75, 3.05) is 0 Å². The minimum absolute atomic E-state index is 0.904. The molecule has 4 nitrogen and oxygen atoms in total. The molecule has 0 spiro atoms. The maximum absolute atomic E-state index is 5.13. The van der Waals surface area contributed by atoms with Crippen LogP contribution >= 0.6 is 0 Å². The van der Waals surface area contributed by atoms with Crippen molar-refractivity contribution >= 4 is 43.5 Å². The number of fused-ring (bicyclic) bond motifs is 2. The van der Waals surface area contributed by atoms with Crippen molar-refractivity contribution in [3.8, 4) is 22.8 Å². The number of hydrogen-bond donors (Lipinski definition) is 0. The first-order valence-electron chi connectivity index (χ1n) is 12.1. The second-order valence-electron chi connectivity index (χ2n) is 9.18. The molecule has 0 bridgehead atoms. The van der Waals surface area contributed by atoms with Gasteiger partial charge in [-0.3, -0.25) is 9.55 Å². The van der Waals surface area contributed by atoms with Crippen LogP contribution in [0.4, 0.5) is 0 Å². The Kier molecular flexibility index (Phi) is 3.91. The van der Waals surface area contributed by atoms with Gasteiger partial charge < -0.3 is 4.57 Å². The second kappa shape index (κ2) is 7.27. The summed E-state index contributed by atoms with van der Waals surface area (Å²) in [6.45, 7) is 0. The van der Waals surface area contributed by atoms with Crippen molar-refractivity contribution in [2.45, 2.75) is 0 Å². The molecule has 4 heterocycles. The molecule has 0 amide bonds. The van der Waals surface area contributed by atoms with Gasteiger partial charge in [0.2, 0.25) is 0 Å². The molecule has 0 unspecified atom stereocenters. The van der Waals surface area contributed by atoms with Crippen LogP contribution in [-0.2, 0) is 0 Å². The van der Waals surface area contributed by atoms with Crippen molar-refractivity contribution in [3.63, 3.8) is 0 Å². The van der Waals surface area contributed by atoms with Crippen LogP contribution in [0.15, 0.2) is 122 Å². The summed E-state index contributed by atoms with van der Waals surface area (Å²) < 4.78 is 4.61. The highest BCUT2D eigenvalue weighted by molar-refractivity contribution is 6.29. The molecule has 8 rings (SSSR count). The Hall–Kier alpha value is -4.96. The summed E-state index contributed by atoms with van der Waals surface area (Å²) in [5, 5.41) is 6.26. The van der Waals surface area contributed by atoms with E-state index in [1.807, 2.05) is 18.3 Å². The topological polar surface area (TPSA) is 35.6 Å². The number of pyridine rings is 2. The fourth-order valence-electron chi connectivity index (χ4n) is 5.64. The number of para-hydroxylation sites is 1. The van der Waals surface area contributed by atoms with Crippen LogP contribution in [0.3, 0.4) is 0 Å². The van der Waals surface area contributed by atoms with Crippen molar-refractivity contribution in [2.24, 2.45) is 0 Å². The minimum Gasteiger partial charge on any atom is -0.316 e. The van der Waals surface area contributed by atoms with Crippen molar-refractivity contribution in [3.05, 3.63) is 122 Å². The van der Waals surface area contributed by atoms with Gasteiger partial charge in [-0.15, -0.1) is 0 Å². The summed E-state index contributed by atoms with van der Waals surface area (Å²) in [5.41, 5.74) is 6.62. The normalized spacial score (nSPS) is 11.9. The van der Waals surface area contributed by atoms with Crippen LogP contribution < -0.4 is 0 Å². The smallest absolute Gasteiger partial charge is 0.138 e. The van der Waals surface area contributed by atoms with Crippen LogP contribution in [-0.4, -0.2) is 19.1 Å². The fourth-order valence-corrected chi connectivity index (χ4v) is 5.64. The predicted molar refractivity (Wildman–Crippen MR) is 147 cm³/mol. The van der Waals surface area contributed by atoms with E-state index in [9.17, 15) is 0 Å². The lowest BCUT2D eigenvalue weighted by Gasteiger charge is -2.11. The van der Waals surface area contributed by atoms with E-state index in [1.54, 1.807) is 6.20 Å². The number of nitrogens with zero attached hydrogens (tertiary/aromatic N) is 4. The highest BCUT2D eigenvalue weighted by Gasteiger charge is 2.21. The molecule has 4 aromatic heterocycles. The number of rotatable bonds is 3. The zero-order valence-corrected chi connectivity index (χ0v) is 19.3. The molecule has 0 radical (unpaired) electrons. The highest BCUT2D eigenvalue weighted by atomic mass is 15.1. The number of benzene rings is 4. The quantitative estimate of drug-likeness (QED) is 0.252. The molecular formula is C32H20N4. The monoisotopic (exact) mass is 460 g/mol.